The lowest BCUT2D eigenvalue weighted by molar-refractivity contribution is -0.890. The van der Waals surface area contributed by atoms with Crippen LogP contribution in [0.1, 0.15) is 52.4 Å². The maximum Gasteiger partial charge on any atom is 0.0782 e. The van der Waals surface area contributed by atoms with E-state index in [0.29, 0.717) is 0 Å². The molecule has 0 aliphatic carbocycles. The van der Waals surface area contributed by atoms with Crippen LogP contribution < -0.4 is 24.8 Å². The van der Waals surface area contributed by atoms with Crippen molar-refractivity contribution in [3.05, 3.63) is 0 Å². The average Bonchev–Trinajstić information content (AvgIpc) is 2.42. The van der Waals surface area contributed by atoms with Crippen molar-refractivity contribution in [2.45, 2.75) is 77.6 Å². The van der Waals surface area contributed by atoms with E-state index in [1.54, 1.807) is 0 Å². The van der Waals surface area contributed by atoms with E-state index >= 15 is 0 Å². The Morgan fingerprint density at radius 2 is 0.840 bits per heavy atom. The highest BCUT2D eigenvalue weighted by molar-refractivity contribution is 6.77. The second-order valence-corrected chi connectivity index (χ2v) is 15.2. The van der Waals surface area contributed by atoms with Gasteiger partial charge in [0, 0.05) is 8.07 Å². The van der Waals surface area contributed by atoms with Gasteiger partial charge in [-0.05, 0) is 25.7 Å². The van der Waals surface area contributed by atoms with Crippen LogP contribution in [0.25, 0.3) is 0 Å². The van der Waals surface area contributed by atoms with Crippen LogP contribution in [0.3, 0.4) is 0 Å². The highest BCUT2D eigenvalue weighted by Gasteiger charge is 2.24. The molecule has 0 aliphatic rings. The summed E-state index contributed by atoms with van der Waals surface area (Å²) in [5.74, 6) is 0. The summed E-state index contributed by atoms with van der Waals surface area (Å²) in [6.45, 7) is 15.3. The molecule has 0 aromatic rings. The molecule has 0 saturated heterocycles. The summed E-state index contributed by atoms with van der Waals surface area (Å²) < 4.78 is 2.44. The fourth-order valence-electron chi connectivity index (χ4n) is 3.49. The van der Waals surface area contributed by atoms with Gasteiger partial charge in [-0.25, -0.2) is 0 Å². The van der Waals surface area contributed by atoms with Crippen LogP contribution in [-0.4, -0.2) is 71.4 Å². The van der Waals surface area contributed by atoms with Crippen LogP contribution in [0.15, 0.2) is 0 Å². The molecular weight excluding hydrogens is 367 g/mol. The molecule has 0 saturated carbocycles. The van der Waals surface area contributed by atoms with Gasteiger partial charge in [-0.1, -0.05) is 51.9 Å². The van der Waals surface area contributed by atoms with Crippen molar-refractivity contribution in [1.82, 2.24) is 0 Å². The fourth-order valence-corrected chi connectivity index (χ4v) is 5.97. The van der Waals surface area contributed by atoms with Gasteiger partial charge in [0.1, 0.15) is 0 Å². The highest BCUT2D eigenvalue weighted by atomic mass is 35.5. The van der Waals surface area contributed by atoms with E-state index in [9.17, 15) is 0 Å². The first-order valence-electron chi connectivity index (χ1n) is 10.2. The third-order valence-electron chi connectivity index (χ3n) is 5.47. The van der Waals surface area contributed by atoms with Gasteiger partial charge in [0.05, 0.1) is 54.4 Å². The number of quaternary nitrogens is 2. The summed E-state index contributed by atoms with van der Waals surface area (Å²) in [7, 11) is 8.67. The first-order chi connectivity index (χ1) is 10.5. The van der Waals surface area contributed by atoms with Crippen LogP contribution in [-0.2, 0) is 0 Å². The van der Waals surface area contributed by atoms with Crippen molar-refractivity contribution in [3.63, 3.8) is 0 Å². The number of rotatable bonds is 14. The molecule has 0 aliphatic heterocycles. The molecular formula is C20H48Cl2N2Si. The molecule has 0 aromatic heterocycles. The van der Waals surface area contributed by atoms with E-state index < -0.39 is 8.07 Å². The molecule has 156 valence electrons. The standard InChI is InChI=1S/C20H48N2Si.2ClH/c1-9-11-15-21(3,4)17-13-19-23(7,8)20-14-18-22(5,6)16-12-10-2;;/h9-20H2,1-8H3;2*1H/q+2;;/p-2. The summed E-state index contributed by atoms with van der Waals surface area (Å²) in [6, 6.07) is 3.03. The molecule has 2 nitrogen and oxygen atoms in total. The smallest absolute Gasteiger partial charge is 0.0782 e. The maximum absolute atomic E-state index is 2.62. The summed E-state index contributed by atoms with van der Waals surface area (Å²) in [6.07, 6.45) is 8.27. The largest absolute Gasteiger partial charge is 1.00 e. The van der Waals surface area contributed by atoms with E-state index in [1.807, 2.05) is 0 Å². The van der Waals surface area contributed by atoms with Gasteiger partial charge in [-0.2, -0.15) is 0 Å². The molecule has 0 bridgehead atoms. The van der Waals surface area contributed by atoms with Crippen LogP contribution in [0, 0.1) is 0 Å². The Balaban J connectivity index is -0.00000242. The van der Waals surface area contributed by atoms with Crippen molar-refractivity contribution in [3.8, 4) is 0 Å². The zero-order chi connectivity index (χ0) is 18.0. The number of hydrogen-bond acceptors (Lipinski definition) is 0. The lowest BCUT2D eigenvalue weighted by Gasteiger charge is -2.33. The topological polar surface area (TPSA) is 0 Å². The summed E-state index contributed by atoms with van der Waals surface area (Å²) >= 11 is 0. The molecule has 0 spiro atoms. The molecule has 0 heterocycles. The van der Waals surface area contributed by atoms with Gasteiger partial charge in [0.15, 0.2) is 0 Å². The quantitative estimate of drug-likeness (QED) is 0.258. The van der Waals surface area contributed by atoms with E-state index in [2.05, 4.69) is 55.1 Å². The third-order valence-corrected chi connectivity index (χ3v) is 8.88. The number of nitrogens with zero attached hydrogens (tertiary/aromatic N) is 2. The first kappa shape index (κ1) is 30.4. The number of halogens is 2. The maximum atomic E-state index is 2.62. The minimum Gasteiger partial charge on any atom is -1.00 e. The number of unbranched alkanes of at least 4 members (excludes halogenated alkanes) is 2. The van der Waals surface area contributed by atoms with Crippen molar-refractivity contribution in [2.75, 3.05) is 54.4 Å². The van der Waals surface area contributed by atoms with Crippen LogP contribution in [0.2, 0.25) is 25.2 Å². The van der Waals surface area contributed by atoms with Crippen LogP contribution in [0.5, 0.6) is 0 Å². The molecule has 0 radical (unpaired) electrons. The predicted octanol–water partition coefficient (Wildman–Crippen LogP) is -0.764. The molecule has 25 heavy (non-hydrogen) atoms. The first-order valence-corrected chi connectivity index (χ1v) is 13.6. The normalized spacial score (nSPS) is 12.5. The Morgan fingerprint density at radius 3 is 1.12 bits per heavy atom. The SMILES string of the molecule is CCCC[N+](C)(C)CCC[Si](C)(C)CCC[N+](C)(C)CCCC.[Cl-].[Cl-]. The molecule has 0 rings (SSSR count). The van der Waals surface area contributed by atoms with Crippen molar-refractivity contribution in [2.24, 2.45) is 0 Å². The number of hydrogen-bond donors (Lipinski definition) is 0. The zero-order valence-electron chi connectivity index (χ0n) is 18.6. The van der Waals surface area contributed by atoms with Gasteiger partial charge in [-0.15, -0.1) is 0 Å². The Bertz CT molecular complexity index is 280. The Morgan fingerprint density at radius 1 is 0.560 bits per heavy atom. The minimum absolute atomic E-state index is 0. The van der Waals surface area contributed by atoms with Gasteiger partial charge in [0.2, 0.25) is 0 Å². The van der Waals surface area contributed by atoms with Gasteiger partial charge in [-0.3, -0.25) is 0 Å². The van der Waals surface area contributed by atoms with Gasteiger partial charge in [0.25, 0.3) is 0 Å². The summed E-state index contributed by atoms with van der Waals surface area (Å²) in [5, 5.41) is 0. The Hall–Kier alpha value is 0.717. The van der Waals surface area contributed by atoms with Crippen molar-refractivity contribution < 1.29 is 33.8 Å². The molecule has 0 aromatic carbocycles. The molecule has 0 N–H and O–H groups in total. The Labute approximate surface area is 173 Å². The van der Waals surface area contributed by atoms with E-state index in [-0.39, 0.29) is 24.8 Å². The van der Waals surface area contributed by atoms with Crippen LogP contribution >= 0.6 is 0 Å². The third kappa shape index (κ3) is 17.9. The lowest BCUT2D eigenvalue weighted by atomic mass is 10.3. The van der Waals surface area contributed by atoms with Crippen molar-refractivity contribution >= 4 is 8.07 Å². The lowest BCUT2D eigenvalue weighted by Crippen LogP contribution is -3.00. The van der Waals surface area contributed by atoms with Gasteiger partial charge >= 0.3 is 0 Å². The second-order valence-electron chi connectivity index (χ2n) is 9.84. The molecule has 5 heteroatoms. The zero-order valence-corrected chi connectivity index (χ0v) is 21.1. The van der Waals surface area contributed by atoms with E-state index in [1.165, 1.54) is 85.8 Å². The average molecular weight is 416 g/mol. The molecule has 0 fully saturated rings. The summed E-state index contributed by atoms with van der Waals surface area (Å²) in [5.41, 5.74) is 0. The highest BCUT2D eigenvalue weighted by Crippen LogP contribution is 2.21. The van der Waals surface area contributed by atoms with E-state index in [0.717, 1.165) is 0 Å². The van der Waals surface area contributed by atoms with E-state index in [4.69, 9.17) is 0 Å². The second kappa shape index (κ2) is 14.7. The van der Waals surface area contributed by atoms with Crippen LogP contribution in [0.4, 0.5) is 0 Å². The Kier molecular flexibility index (Phi) is 17.9. The molecule has 0 amide bonds. The monoisotopic (exact) mass is 414 g/mol. The predicted molar refractivity (Wildman–Crippen MR) is 110 cm³/mol. The van der Waals surface area contributed by atoms with Gasteiger partial charge < -0.3 is 33.8 Å². The molecule has 0 unspecified atom stereocenters. The summed E-state index contributed by atoms with van der Waals surface area (Å²) in [4.78, 5) is 0. The minimum atomic E-state index is -0.985. The fraction of sp³-hybridized carbons (Fsp3) is 1.00. The van der Waals surface area contributed by atoms with Crippen molar-refractivity contribution in [1.29, 1.82) is 0 Å². The molecule has 0 atom stereocenters.